The summed E-state index contributed by atoms with van der Waals surface area (Å²) in [6.07, 6.45) is 8.46. The molecule has 0 aliphatic heterocycles. The summed E-state index contributed by atoms with van der Waals surface area (Å²) in [6, 6.07) is 18.2. The van der Waals surface area contributed by atoms with Crippen molar-refractivity contribution in [2.45, 2.75) is 13.3 Å². The number of H-pyrrole nitrogens is 1. The van der Waals surface area contributed by atoms with Gasteiger partial charge in [0.1, 0.15) is 11.5 Å². The molecule has 0 saturated carbocycles. The summed E-state index contributed by atoms with van der Waals surface area (Å²) in [4.78, 5) is 4.06. The van der Waals surface area contributed by atoms with Gasteiger partial charge in [-0.3, -0.25) is 10.1 Å². The van der Waals surface area contributed by atoms with E-state index in [2.05, 4.69) is 58.5 Å². The number of allylic oxidation sites excluding steroid dienone is 1. The molecule has 0 aliphatic rings. The first-order valence-electron chi connectivity index (χ1n) is 8.64. The summed E-state index contributed by atoms with van der Waals surface area (Å²) in [5.74, 6) is 1.54. The Bertz CT molecular complexity index is 1030. The van der Waals surface area contributed by atoms with Gasteiger partial charge in [0.15, 0.2) is 0 Å². The fourth-order valence-electron chi connectivity index (χ4n) is 2.92. The molecule has 4 aromatic rings. The number of fused-ring (bicyclic) bond motifs is 1. The summed E-state index contributed by atoms with van der Waals surface area (Å²) in [7, 11) is 0. The van der Waals surface area contributed by atoms with Crippen LogP contribution < -0.4 is 4.74 Å². The van der Waals surface area contributed by atoms with Gasteiger partial charge >= 0.3 is 0 Å². The molecule has 128 valence electrons. The molecule has 0 amide bonds. The normalized spacial score (nSPS) is 11.7. The Balaban J connectivity index is 1.57. The standard InChI is InChI=1S/C22H19N3O/c1-2-17(12-16-5-10-22-19(13-16)14-24-25-22)18-6-8-20(9-7-18)26-21-4-3-11-23-15-21/h3-15H,2H2,1H3,(H,24,25)/b17-12+. The molecule has 4 heteroatoms. The molecule has 2 heterocycles. The third-order valence-corrected chi connectivity index (χ3v) is 4.28. The highest BCUT2D eigenvalue weighted by atomic mass is 16.5. The van der Waals surface area contributed by atoms with Crippen molar-refractivity contribution < 1.29 is 4.74 Å². The van der Waals surface area contributed by atoms with Crippen LogP contribution in [-0.4, -0.2) is 15.2 Å². The Morgan fingerprint density at radius 1 is 1.04 bits per heavy atom. The lowest BCUT2D eigenvalue weighted by atomic mass is 10.00. The van der Waals surface area contributed by atoms with Crippen LogP contribution in [0.4, 0.5) is 0 Å². The molecule has 26 heavy (non-hydrogen) atoms. The van der Waals surface area contributed by atoms with Gasteiger partial charge in [-0.2, -0.15) is 5.10 Å². The van der Waals surface area contributed by atoms with Gasteiger partial charge in [0.05, 0.1) is 17.9 Å². The molecular formula is C22H19N3O. The second-order valence-electron chi connectivity index (χ2n) is 6.05. The molecule has 2 aromatic heterocycles. The van der Waals surface area contributed by atoms with E-state index < -0.39 is 0 Å². The van der Waals surface area contributed by atoms with E-state index in [-0.39, 0.29) is 0 Å². The van der Waals surface area contributed by atoms with Crippen LogP contribution in [0.5, 0.6) is 11.5 Å². The summed E-state index contributed by atoms with van der Waals surface area (Å²) in [5, 5.41) is 8.18. The first-order valence-corrected chi connectivity index (χ1v) is 8.64. The Morgan fingerprint density at radius 3 is 2.69 bits per heavy atom. The van der Waals surface area contributed by atoms with E-state index in [4.69, 9.17) is 4.74 Å². The van der Waals surface area contributed by atoms with Crippen LogP contribution in [0, 0.1) is 0 Å². The molecule has 0 unspecified atom stereocenters. The number of rotatable bonds is 5. The van der Waals surface area contributed by atoms with Crippen molar-refractivity contribution in [3.05, 3.63) is 84.3 Å². The predicted molar refractivity (Wildman–Crippen MR) is 105 cm³/mol. The molecule has 1 N–H and O–H groups in total. The zero-order valence-corrected chi connectivity index (χ0v) is 14.5. The second-order valence-corrected chi connectivity index (χ2v) is 6.05. The van der Waals surface area contributed by atoms with E-state index in [1.54, 1.807) is 12.4 Å². The monoisotopic (exact) mass is 341 g/mol. The largest absolute Gasteiger partial charge is 0.456 e. The van der Waals surface area contributed by atoms with E-state index in [1.165, 1.54) is 16.7 Å². The molecule has 0 fully saturated rings. The van der Waals surface area contributed by atoms with Crippen LogP contribution >= 0.6 is 0 Å². The van der Waals surface area contributed by atoms with Crippen molar-refractivity contribution in [2.75, 3.05) is 0 Å². The Kier molecular flexibility index (Phi) is 4.48. The van der Waals surface area contributed by atoms with E-state index >= 15 is 0 Å². The van der Waals surface area contributed by atoms with Gasteiger partial charge in [0.25, 0.3) is 0 Å². The topological polar surface area (TPSA) is 50.8 Å². The average Bonchev–Trinajstić information content (AvgIpc) is 3.15. The SMILES string of the molecule is CC/C(=C\c1ccc2[nH]ncc2c1)c1ccc(Oc2cccnc2)cc1. The van der Waals surface area contributed by atoms with Gasteiger partial charge in [-0.05, 0) is 59.5 Å². The quantitative estimate of drug-likeness (QED) is 0.474. The Hall–Kier alpha value is -3.40. The number of aromatic amines is 1. The average molecular weight is 341 g/mol. The third-order valence-electron chi connectivity index (χ3n) is 4.28. The minimum Gasteiger partial charge on any atom is -0.456 e. The number of ether oxygens (including phenoxy) is 1. The van der Waals surface area contributed by atoms with Crippen molar-refractivity contribution in [2.24, 2.45) is 0 Å². The van der Waals surface area contributed by atoms with Gasteiger partial charge in [-0.15, -0.1) is 0 Å². The Labute approximate surface area is 152 Å². The fourth-order valence-corrected chi connectivity index (χ4v) is 2.92. The van der Waals surface area contributed by atoms with Crippen LogP contribution in [0.2, 0.25) is 0 Å². The number of hydrogen-bond acceptors (Lipinski definition) is 3. The molecule has 4 rings (SSSR count). The number of pyridine rings is 1. The highest BCUT2D eigenvalue weighted by Gasteiger charge is 2.03. The molecule has 0 bridgehead atoms. The molecule has 0 radical (unpaired) electrons. The molecule has 4 nitrogen and oxygen atoms in total. The maximum atomic E-state index is 5.81. The highest BCUT2D eigenvalue weighted by Crippen LogP contribution is 2.26. The summed E-state index contributed by atoms with van der Waals surface area (Å²) in [6.45, 7) is 2.17. The van der Waals surface area contributed by atoms with Crippen molar-refractivity contribution in [3.63, 3.8) is 0 Å². The zero-order valence-electron chi connectivity index (χ0n) is 14.5. The highest BCUT2D eigenvalue weighted by molar-refractivity contribution is 5.86. The molecule has 2 aromatic carbocycles. The summed E-state index contributed by atoms with van der Waals surface area (Å²) < 4.78 is 5.81. The molecule has 0 aliphatic carbocycles. The van der Waals surface area contributed by atoms with E-state index in [9.17, 15) is 0 Å². The minimum absolute atomic E-state index is 0.736. The van der Waals surface area contributed by atoms with E-state index in [1.807, 2.05) is 30.5 Å². The number of nitrogens with one attached hydrogen (secondary N) is 1. The van der Waals surface area contributed by atoms with Gasteiger partial charge < -0.3 is 4.74 Å². The lowest BCUT2D eigenvalue weighted by Gasteiger charge is -2.09. The van der Waals surface area contributed by atoms with Crippen LogP contribution in [0.25, 0.3) is 22.6 Å². The number of aromatic nitrogens is 3. The van der Waals surface area contributed by atoms with Crippen molar-refractivity contribution in [3.8, 4) is 11.5 Å². The number of nitrogens with zero attached hydrogens (tertiary/aromatic N) is 2. The maximum absolute atomic E-state index is 5.81. The third kappa shape index (κ3) is 3.49. The molecule has 0 atom stereocenters. The first-order chi connectivity index (χ1) is 12.8. The minimum atomic E-state index is 0.736. The molecule has 0 spiro atoms. The van der Waals surface area contributed by atoms with E-state index in [0.29, 0.717) is 0 Å². The van der Waals surface area contributed by atoms with Crippen molar-refractivity contribution in [1.29, 1.82) is 0 Å². The maximum Gasteiger partial charge on any atom is 0.145 e. The smallest absolute Gasteiger partial charge is 0.145 e. The predicted octanol–water partition coefficient (Wildman–Crippen LogP) is 5.70. The van der Waals surface area contributed by atoms with Crippen LogP contribution in [0.3, 0.4) is 0 Å². The van der Waals surface area contributed by atoms with Crippen LogP contribution in [-0.2, 0) is 0 Å². The zero-order chi connectivity index (χ0) is 17.8. The number of benzene rings is 2. The summed E-state index contributed by atoms with van der Waals surface area (Å²) >= 11 is 0. The van der Waals surface area contributed by atoms with Gasteiger partial charge in [-0.1, -0.05) is 31.2 Å². The fraction of sp³-hybridized carbons (Fsp3) is 0.0909. The molecule has 0 saturated heterocycles. The lowest BCUT2D eigenvalue weighted by Crippen LogP contribution is -1.87. The first kappa shape index (κ1) is 16.1. The number of hydrogen-bond donors (Lipinski definition) is 1. The lowest BCUT2D eigenvalue weighted by molar-refractivity contribution is 0.480. The Morgan fingerprint density at radius 2 is 1.92 bits per heavy atom. The van der Waals surface area contributed by atoms with Crippen molar-refractivity contribution in [1.82, 2.24) is 15.2 Å². The van der Waals surface area contributed by atoms with Crippen LogP contribution in [0.15, 0.2) is 73.2 Å². The van der Waals surface area contributed by atoms with Gasteiger partial charge in [-0.25, -0.2) is 0 Å². The second kappa shape index (κ2) is 7.23. The van der Waals surface area contributed by atoms with Gasteiger partial charge in [0.2, 0.25) is 0 Å². The summed E-state index contributed by atoms with van der Waals surface area (Å²) in [5.41, 5.74) is 4.70. The van der Waals surface area contributed by atoms with E-state index in [0.717, 1.165) is 28.8 Å². The van der Waals surface area contributed by atoms with Crippen molar-refractivity contribution >= 4 is 22.6 Å². The molecular weight excluding hydrogens is 322 g/mol. The van der Waals surface area contributed by atoms with Gasteiger partial charge in [0, 0.05) is 11.6 Å². The van der Waals surface area contributed by atoms with Crippen LogP contribution in [0.1, 0.15) is 24.5 Å².